The maximum absolute atomic E-state index is 5.62. The molecule has 0 spiro atoms. The van der Waals surface area contributed by atoms with Gasteiger partial charge in [0.25, 0.3) is 0 Å². The van der Waals surface area contributed by atoms with Gasteiger partial charge in [0.1, 0.15) is 5.75 Å². The summed E-state index contributed by atoms with van der Waals surface area (Å²) in [5, 5.41) is 3.59. The first-order valence-corrected chi connectivity index (χ1v) is 7.29. The fraction of sp³-hybridized carbons (Fsp3) is 0.625. The Kier molecular flexibility index (Phi) is 5.06. The number of ether oxygens (including phenoxy) is 1. The Bertz CT molecular complexity index is 343. The Labute approximate surface area is 111 Å². The molecule has 0 heterocycles. The molecule has 18 heavy (non-hydrogen) atoms. The molecule has 0 aromatic heterocycles. The maximum Gasteiger partial charge on any atom is 0.119 e. The lowest BCUT2D eigenvalue weighted by Gasteiger charge is -2.18. The van der Waals surface area contributed by atoms with Crippen molar-refractivity contribution >= 4 is 0 Å². The third-order valence-corrected chi connectivity index (χ3v) is 3.47. The first-order valence-electron chi connectivity index (χ1n) is 7.29. The van der Waals surface area contributed by atoms with Crippen molar-refractivity contribution in [3.8, 4) is 5.75 Å². The highest BCUT2D eigenvalue weighted by Crippen LogP contribution is 2.37. The van der Waals surface area contributed by atoms with E-state index in [-0.39, 0.29) is 0 Å². The second kappa shape index (κ2) is 6.79. The van der Waals surface area contributed by atoms with Gasteiger partial charge in [-0.3, -0.25) is 0 Å². The van der Waals surface area contributed by atoms with Crippen LogP contribution in [-0.4, -0.2) is 13.2 Å². The van der Waals surface area contributed by atoms with Crippen LogP contribution in [0.5, 0.6) is 5.75 Å². The van der Waals surface area contributed by atoms with E-state index < -0.39 is 0 Å². The lowest BCUT2D eigenvalue weighted by atomic mass is 10.0. The zero-order valence-electron chi connectivity index (χ0n) is 11.6. The number of benzene rings is 1. The predicted molar refractivity (Wildman–Crippen MR) is 76.0 cm³/mol. The molecule has 2 heteroatoms. The molecule has 1 aliphatic rings. The molecule has 0 bridgehead atoms. The van der Waals surface area contributed by atoms with Crippen LogP contribution in [0.1, 0.15) is 51.1 Å². The van der Waals surface area contributed by atoms with E-state index >= 15 is 0 Å². The third kappa shape index (κ3) is 4.02. The van der Waals surface area contributed by atoms with Crippen molar-refractivity contribution in [3.63, 3.8) is 0 Å². The largest absolute Gasteiger partial charge is 0.494 e. The Balaban J connectivity index is 1.95. The fourth-order valence-corrected chi connectivity index (χ4v) is 2.29. The Morgan fingerprint density at radius 1 is 1.22 bits per heavy atom. The summed E-state index contributed by atoms with van der Waals surface area (Å²) in [5.74, 6) is 1.94. The van der Waals surface area contributed by atoms with E-state index in [1.807, 2.05) is 0 Å². The molecule has 1 atom stereocenters. The maximum atomic E-state index is 5.62. The standard InChI is InChI=1S/C16H25NO/c1-3-11-18-15-9-7-14(8-10-15)16(17-4-2)12-13-5-6-13/h7-10,13,16-17H,3-6,11-12H2,1-2H3. The smallest absolute Gasteiger partial charge is 0.119 e. The van der Waals surface area contributed by atoms with Crippen LogP contribution < -0.4 is 10.1 Å². The molecule has 100 valence electrons. The van der Waals surface area contributed by atoms with Crippen molar-refractivity contribution < 1.29 is 4.74 Å². The summed E-state index contributed by atoms with van der Waals surface area (Å²) in [4.78, 5) is 0. The van der Waals surface area contributed by atoms with Crippen LogP contribution in [0.2, 0.25) is 0 Å². The summed E-state index contributed by atoms with van der Waals surface area (Å²) in [7, 11) is 0. The van der Waals surface area contributed by atoms with Gasteiger partial charge in [-0.2, -0.15) is 0 Å². The predicted octanol–water partition coefficient (Wildman–Crippen LogP) is 3.93. The molecule has 0 saturated heterocycles. The molecular weight excluding hydrogens is 222 g/mol. The monoisotopic (exact) mass is 247 g/mol. The highest BCUT2D eigenvalue weighted by atomic mass is 16.5. The molecule has 1 aromatic carbocycles. The average Bonchev–Trinajstić information content (AvgIpc) is 3.20. The van der Waals surface area contributed by atoms with Gasteiger partial charge in [0, 0.05) is 6.04 Å². The van der Waals surface area contributed by atoms with Crippen molar-refractivity contribution in [1.82, 2.24) is 5.32 Å². The van der Waals surface area contributed by atoms with E-state index in [9.17, 15) is 0 Å². The van der Waals surface area contributed by atoms with E-state index in [1.54, 1.807) is 0 Å². The third-order valence-electron chi connectivity index (χ3n) is 3.47. The molecule has 0 amide bonds. The highest BCUT2D eigenvalue weighted by molar-refractivity contribution is 5.29. The van der Waals surface area contributed by atoms with Crippen molar-refractivity contribution in [2.75, 3.05) is 13.2 Å². The van der Waals surface area contributed by atoms with Crippen LogP contribution in [0.4, 0.5) is 0 Å². The van der Waals surface area contributed by atoms with Gasteiger partial charge in [0.2, 0.25) is 0 Å². The molecule has 2 nitrogen and oxygen atoms in total. The molecule has 2 rings (SSSR count). The van der Waals surface area contributed by atoms with Crippen molar-refractivity contribution in [2.45, 2.75) is 45.6 Å². The van der Waals surface area contributed by atoms with Crippen LogP contribution in [0.15, 0.2) is 24.3 Å². The zero-order valence-corrected chi connectivity index (χ0v) is 11.6. The molecule has 1 unspecified atom stereocenters. The summed E-state index contributed by atoms with van der Waals surface area (Å²) >= 11 is 0. The van der Waals surface area contributed by atoms with Gasteiger partial charge in [-0.15, -0.1) is 0 Å². The molecule has 0 radical (unpaired) electrons. The van der Waals surface area contributed by atoms with Crippen LogP contribution >= 0.6 is 0 Å². The average molecular weight is 247 g/mol. The van der Waals surface area contributed by atoms with Gasteiger partial charge in [0.15, 0.2) is 0 Å². The molecule has 1 saturated carbocycles. The molecule has 1 aliphatic carbocycles. The molecule has 0 aliphatic heterocycles. The Morgan fingerprint density at radius 2 is 1.94 bits per heavy atom. The summed E-state index contributed by atoms with van der Waals surface area (Å²) < 4.78 is 5.62. The molecular formula is C16H25NO. The minimum atomic E-state index is 0.516. The number of hydrogen-bond donors (Lipinski definition) is 1. The van der Waals surface area contributed by atoms with Crippen molar-refractivity contribution in [1.29, 1.82) is 0 Å². The van der Waals surface area contributed by atoms with Gasteiger partial charge < -0.3 is 10.1 Å². The van der Waals surface area contributed by atoms with Gasteiger partial charge in [-0.05, 0) is 43.0 Å². The van der Waals surface area contributed by atoms with E-state index in [2.05, 4.69) is 43.4 Å². The minimum Gasteiger partial charge on any atom is -0.494 e. The van der Waals surface area contributed by atoms with Crippen LogP contribution in [-0.2, 0) is 0 Å². The normalized spacial score (nSPS) is 16.6. The zero-order chi connectivity index (χ0) is 12.8. The van der Waals surface area contributed by atoms with Crippen LogP contribution in [0.3, 0.4) is 0 Å². The van der Waals surface area contributed by atoms with Crippen LogP contribution in [0.25, 0.3) is 0 Å². The summed E-state index contributed by atoms with van der Waals surface area (Å²) in [6.07, 6.45) is 5.17. The van der Waals surface area contributed by atoms with Gasteiger partial charge in [-0.1, -0.05) is 38.8 Å². The number of nitrogens with one attached hydrogen (secondary N) is 1. The quantitative estimate of drug-likeness (QED) is 0.751. The minimum absolute atomic E-state index is 0.516. The van der Waals surface area contributed by atoms with Crippen LogP contribution in [0, 0.1) is 5.92 Å². The fourth-order valence-electron chi connectivity index (χ4n) is 2.29. The second-order valence-electron chi connectivity index (χ2n) is 5.21. The second-order valence-corrected chi connectivity index (χ2v) is 5.21. The lowest BCUT2D eigenvalue weighted by Crippen LogP contribution is -2.21. The van der Waals surface area contributed by atoms with E-state index in [1.165, 1.54) is 24.8 Å². The van der Waals surface area contributed by atoms with E-state index in [0.29, 0.717) is 6.04 Å². The summed E-state index contributed by atoms with van der Waals surface area (Å²) in [6.45, 7) is 6.15. The summed E-state index contributed by atoms with van der Waals surface area (Å²) in [6, 6.07) is 9.13. The number of rotatable bonds is 8. The first kappa shape index (κ1) is 13.4. The lowest BCUT2D eigenvalue weighted by molar-refractivity contribution is 0.317. The SMILES string of the molecule is CCCOc1ccc(C(CC2CC2)NCC)cc1. The van der Waals surface area contributed by atoms with Crippen molar-refractivity contribution in [3.05, 3.63) is 29.8 Å². The van der Waals surface area contributed by atoms with Crippen molar-refractivity contribution in [2.24, 2.45) is 5.92 Å². The topological polar surface area (TPSA) is 21.3 Å². The first-order chi connectivity index (χ1) is 8.83. The summed E-state index contributed by atoms with van der Waals surface area (Å²) in [5.41, 5.74) is 1.40. The van der Waals surface area contributed by atoms with Gasteiger partial charge >= 0.3 is 0 Å². The molecule has 1 fully saturated rings. The Morgan fingerprint density at radius 3 is 2.50 bits per heavy atom. The molecule has 1 N–H and O–H groups in total. The Hall–Kier alpha value is -1.02. The number of hydrogen-bond acceptors (Lipinski definition) is 2. The van der Waals surface area contributed by atoms with Gasteiger partial charge in [0.05, 0.1) is 6.61 Å². The molecule has 1 aromatic rings. The van der Waals surface area contributed by atoms with Gasteiger partial charge in [-0.25, -0.2) is 0 Å². The van der Waals surface area contributed by atoms with E-state index in [4.69, 9.17) is 4.74 Å². The highest BCUT2D eigenvalue weighted by Gasteiger charge is 2.25. The van der Waals surface area contributed by atoms with E-state index in [0.717, 1.165) is 31.2 Å².